The summed E-state index contributed by atoms with van der Waals surface area (Å²) in [5, 5.41) is 21.8. The van der Waals surface area contributed by atoms with Crippen LogP contribution in [-0.4, -0.2) is 40.9 Å². The highest BCUT2D eigenvalue weighted by atomic mass is 16.4. The van der Waals surface area contributed by atoms with Gasteiger partial charge in [0.05, 0.1) is 25.0 Å². The first-order chi connectivity index (χ1) is 15.0. The Morgan fingerprint density at radius 3 is 2.53 bits per heavy atom. The maximum atomic E-state index is 13.6. The normalized spacial score (nSPS) is 47.2. The van der Waals surface area contributed by atoms with E-state index >= 15 is 0 Å². The zero-order chi connectivity index (χ0) is 23.2. The summed E-state index contributed by atoms with van der Waals surface area (Å²) in [6.45, 7) is 8.32. The molecule has 4 fully saturated rings. The fourth-order valence-electron chi connectivity index (χ4n) is 9.33. The molecule has 6 heteroatoms. The first-order valence-corrected chi connectivity index (χ1v) is 12.4. The zero-order valence-corrected chi connectivity index (χ0v) is 19.7. The van der Waals surface area contributed by atoms with Crippen LogP contribution in [0.25, 0.3) is 0 Å². The predicted octanol–water partition coefficient (Wildman–Crippen LogP) is 2.15. The van der Waals surface area contributed by atoms with Crippen LogP contribution in [0, 0.1) is 51.8 Å². The van der Waals surface area contributed by atoms with Crippen LogP contribution in [0.1, 0.15) is 66.2 Å². The molecule has 0 aromatic rings. The van der Waals surface area contributed by atoms with Gasteiger partial charge in [0.2, 0.25) is 11.8 Å². The molecule has 0 radical (unpaired) electrons. The number of hydrogen-bond acceptors (Lipinski definition) is 5. The van der Waals surface area contributed by atoms with Crippen molar-refractivity contribution in [3.05, 3.63) is 11.6 Å². The molecule has 6 aliphatic rings. The highest BCUT2D eigenvalue weighted by Crippen LogP contribution is 2.74. The van der Waals surface area contributed by atoms with Crippen LogP contribution in [0.5, 0.6) is 0 Å². The number of aliphatic hydroxyl groups excluding tert-OH is 1. The van der Waals surface area contributed by atoms with Gasteiger partial charge in [-0.15, -0.1) is 0 Å². The number of carboxylic acids is 1. The number of carbonyl (C=O) groups is 3. The van der Waals surface area contributed by atoms with Gasteiger partial charge >= 0.3 is 0 Å². The second kappa shape index (κ2) is 6.91. The quantitative estimate of drug-likeness (QED) is 0.531. The van der Waals surface area contributed by atoms with Crippen LogP contribution in [-0.2, 0) is 14.4 Å². The van der Waals surface area contributed by atoms with Crippen molar-refractivity contribution in [2.24, 2.45) is 51.8 Å². The van der Waals surface area contributed by atoms with Crippen LogP contribution in [0.15, 0.2) is 11.6 Å². The molecular weight excluding hydrogens is 406 g/mol. The Morgan fingerprint density at radius 1 is 1.19 bits per heavy atom. The predicted molar refractivity (Wildman–Crippen MR) is 116 cm³/mol. The summed E-state index contributed by atoms with van der Waals surface area (Å²) < 4.78 is 0. The number of imide groups is 1. The molecular formula is C26H36NO5-. The van der Waals surface area contributed by atoms with E-state index in [-0.39, 0.29) is 60.0 Å². The smallest absolute Gasteiger partial charge is 0.234 e. The molecule has 0 aromatic heterocycles. The number of amides is 2. The number of carbonyl (C=O) groups excluding carboxylic acids is 3. The van der Waals surface area contributed by atoms with Gasteiger partial charge in [-0.25, -0.2) is 0 Å². The van der Waals surface area contributed by atoms with Crippen molar-refractivity contribution in [3.8, 4) is 0 Å². The van der Waals surface area contributed by atoms with E-state index in [1.807, 2.05) is 6.92 Å². The van der Waals surface area contributed by atoms with Crippen LogP contribution >= 0.6 is 0 Å². The molecule has 1 heterocycles. The Bertz CT molecular complexity index is 910. The highest BCUT2D eigenvalue weighted by molar-refractivity contribution is 6.06. The lowest BCUT2D eigenvalue weighted by Crippen LogP contribution is -2.66. The number of aliphatic hydroxyl groups is 1. The van der Waals surface area contributed by atoms with E-state index in [1.165, 1.54) is 10.5 Å². The van der Waals surface area contributed by atoms with Crippen molar-refractivity contribution in [2.45, 2.75) is 66.2 Å². The molecule has 1 spiro atoms. The maximum absolute atomic E-state index is 13.6. The third-order valence-electron chi connectivity index (χ3n) is 10.6. The Labute approximate surface area is 190 Å². The number of rotatable bonds is 4. The number of hydrogen-bond donors (Lipinski definition) is 1. The standard InChI is InChI=1S/C26H37NO5/c1-14(2)16-13-26-9-6-17-24(3,7-5-8-25(17,4)23(31)32)18(26)12-15(16)19-20(26)22(30)27(10-11-28)21(19)29/h13-15,17-20,28H,5-12H2,1-4H3,(H,31,32)/p-1/t15-,17-,18-,19+,20-,24-,25-,26-/m0/s1. The number of carboxylic acid groups (broad SMARTS) is 1. The maximum Gasteiger partial charge on any atom is 0.234 e. The molecule has 1 N–H and O–H groups in total. The summed E-state index contributed by atoms with van der Waals surface area (Å²) in [6.07, 6.45) is 7.19. The summed E-state index contributed by atoms with van der Waals surface area (Å²) in [5.74, 6) is -1.33. The van der Waals surface area contributed by atoms with Crippen molar-refractivity contribution in [2.75, 3.05) is 13.2 Å². The number of likely N-dealkylation sites (tertiary alicyclic amines) is 1. The van der Waals surface area contributed by atoms with E-state index in [0.717, 1.165) is 32.1 Å². The molecule has 2 bridgehead atoms. The molecule has 1 aliphatic heterocycles. The largest absolute Gasteiger partial charge is 0.550 e. The molecule has 0 aromatic carbocycles. The van der Waals surface area contributed by atoms with Crippen LogP contribution in [0.2, 0.25) is 0 Å². The number of β-amino-alcohol motifs (C(OH)–C–C–N with tert-alkyl or cyclic N) is 1. The lowest BCUT2D eigenvalue weighted by Gasteiger charge is -2.69. The fourth-order valence-corrected chi connectivity index (χ4v) is 9.33. The Morgan fingerprint density at radius 2 is 1.91 bits per heavy atom. The van der Waals surface area contributed by atoms with Gasteiger partial charge in [-0.2, -0.15) is 0 Å². The van der Waals surface area contributed by atoms with Gasteiger partial charge in [-0.1, -0.05) is 45.8 Å². The Balaban J connectivity index is 1.65. The second-order valence-electron chi connectivity index (χ2n) is 12.0. The minimum Gasteiger partial charge on any atom is -0.550 e. The molecule has 0 unspecified atom stereocenters. The van der Waals surface area contributed by atoms with Crippen molar-refractivity contribution in [1.82, 2.24) is 4.90 Å². The molecule has 6 rings (SSSR count). The van der Waals surface area contributed by atoms with E-state index in [4.69, 9.17) is 0 Å². The van der Waals surface area contributed by atoms with Gasteiger partial charge in [0.15, 0.2) is 0 Å². The summed E-state index contributed by atoms with van der Waals surface area (Å²) in [6, 6.07) is 0. The first kappa shape index (κ1) is 22.1. The SMILES string of the molecule is CC(C)C1=C[C@@]23CC[C@H]4[C@](C)(CCC[C@]4(C)C(=O)[O-])[C@@H]2C[C@@H]1[C@H]1C(=O)N(CCO)C(=O)[C@H]13. The summed E-state index contributed by atoms with van der Waals surface area (Å²) >= 11 is 0. The molecule has 8 atom stereocenters. The molecule has 32 heavy (non-hydrogen) atoms. The lowest BCUT2D eigenvalue weighted by molar-refractivity contribution is -0.328. The topological polar surface area (TPSA) is 97.7 Å². The van der Waals surface area contributed by atoms with Gasteiger partial charge in [0.1, 0.15) is 0 Å². The Hall–Kier alpha value is -1.69. The third-order valence-corrected chi connectivity index (χ3v) is 10.6. The zero-order valence-electron chi connectivity index (χ0n) is 19.7. The van der Waals surface area contributed by atoms with E-state index in [1.54, 1.807) is 0 Å². The molecule has 176 valence electrons. The van der Waals surface area contributed by atoms with Gasteiger partial charge in [-0.05, 0) is 61.2 Å². The number of allylic oxidation sites excluding steroid dienone is 2. The number of nitrogens with zero attached hydrogens (tertiary/aromatic N) is 1. The highest BCUT2D eigenvalue weighted by Gasteiger charge is 2.72. The molecule has 5 aliphatic carbocycles. The minimum atomic E-state index is -0.942. The van der Waals surface area contributed by atoms with Crippen LogP contribution in [0.4, 0.5) is 0 Å². The second-order valence-corrected chi connectivity index (χ2v) is 12.0. The fraction of sp³-hybridized carbons (Fsp3) is 0.808. The van der Waals surface area contributed by atoms with Gasteiger partial charge in [-0.3, -0.25) is 14.5 Å². The van der Waals surface area contributed by atoms with E-state index in [0.29, 0.717) is 12.3 Å². The van der Waals surface area contributed by atoms with Gasteiger partial charge in [0, 0.05) is 16.8 Å². The first-order valence-electron chi connectivity index (χ1n) is 12.4. The number of fused-ring (bicyclic) bond motifs is 1. The Kier molecular flexibility index (Phi) is 4.78. The van der Waals surface area contributed by atoms with Crippen LogP contribution in [0.3, 0.4) is 0 Å². The average molecular weight is 443 g/mol. The van der Waals surface area contributed by atoms with Crippen molar-refractivity contribution < 1.29 is 24.6 Å². The van der Waals surface area contributed by atoms with E-state index < -0.39 is 16.8 Å². The third kappa shape index (κ3) is 2.48. The van der Waals surface area contributed by atoms with E-state index in [2.05, 4.69) is 26.8 Å². The van der Waals surface area contributed by atoms with Gasteiger partial charge < -0.3 is 15.0 Å². The van der Waals surface area contributed by atoms with Crippen molar-refractivity contribution in [1.29, 1.82) is 0 Å². The summed E-state index contributed by atoms with van der Waals surface area (Å²) in [5.41, 5.74) is -0.129. The minimum absolute atomic E-state index is 0.0266. The monoisotopic (exact) mass is 442 g/mol. The van der Waals surface area contributed by atoms with Gasteiger partial charge in [0.25, 0.3) is 0 Å². The molecule has 2 amide bonds. The van der Waals surface area contributed by atoms with E-state index in [9.17, 15) is 24.6 Å². The molecule has 6 nitrogen and oxygen atoms in total. The summed E-state index contributed by atoms with van der Waals surface area (Å²) in [4.78, 5) is 40.6. The molecule has 3 saturated carbocycles. The average Bonchev–Trinajstić information content (AvgIpc) is 3.00. The van der Waals surface area contributed by atoms with Crippen molar-refractivity contribution >= 4 is 17.8 Å². The summed E-state index contributed by atoms with van der Waals surface area (Å²) in [7, 11) is 0. The van der Waals surface area contributed by atoms with Crippen LogP contribution < -0.4 is 5.11 Å². The lowest BCUT2D eigenvalue weighted by atomic mass is 9.34. The molecule has 1 saturated heterocycles. The number of aliphatic carboxylic acids is 1. The van der Waals surface area contributed by atoms with Crippen molar-refractivity contribution in [3.63, 3.8) is 0 Å².